The Balaban J connectivity index is 2.19. The molecule has 0 aromatic carbocycles. The Bertz CT molecular complexity index is 648. The van der Waals surface area contributed by atoms with Gasteiger partial charge in [-0.1, -0.05) is 36.7 Å². The SMILES string of the molecule is CCCCCSC(=O)c1ncn2c(=O)n(C)nnc12. The summed E-state index contributed by atoms with van der Waals surface area (Å²) in [4.78, 5) is 27.7. The van der Waals surface area contributed by atoms with Crippen LogP contribution >= 0.6 is 11.8 Å². The van der Waals surface area contributed by atoms with Crippen molar-refractivity contribution in [3.8, 4) is 0 Å². The van der Waals surface area contributed by atoms with Crippen LogP contribution in [0.1, 0.15) is 36.7 Å². The number of nitrogens with zero attached hydrogens (tertiary/aromatic N) is 5. The van der Waals surface area contributed by atoms with Crippen LogP contribution in [0, 0.1) is 0 Å². The molecule has 0 amide bonds. The lowest BCUT2D eigenvalue weighted by Crippen LogP contribution is -2.27. The molecule has 2 aromatic rings. The second-order valence-electron chi connectivity index (χ2n) is 4.13. The molecule has 19 heavy (non-hydrogen) atoms. The van der Waals surface area contributed by atoms with Gasteiger partial charge < -0.3 is 0 Å². The molecule has 0 N–H and O–H groups in total. The van der Waals surface area contributed by atoms with Crippen molar-refractivity contribution in [1.82, 2.24) is 24.4 Å². The Labute approximate surface area is 114 Å². The molecular formula is C11H15N5O2S. The van der Waals surface area contributed by atoms with Gasteiger partial charge in [0.05, 0.1) is 0 Å². The highest BCUT2D eigenvalue weighted by molar-refractivity contribution is 8.14. The third-order valence-electron chi connectivity index (χ3n) is 2.67. The number of carbonyl (C=O) groups is 1. The molecular weight excluding hydrogens is 266 g/mol. The van der Waals surface area contributed by atoms with Crippen LogP contribution in [0.2, 0.25) is 0 Å². The average molecular weight is 281 g/mol. The number of unbranched alkanes of at least 4 members (excludes halogenated alkanes) is 2. The van der Waals surface area contributed by atoms with Gasteiger partial charge in [-0.15, -0.1) is 5.10 Å². The van der Waals surface area contributed by atoms with Crippen molar-refractivity contribution in [3.63, 3.8) is 0 Å². The number of aromatic nitrogens is 5. The fourth-order valence-corrected chi connectivity index (χ4v) is 2.42. The van der Waals surface area contributed by atoms with E-state index in [1.165, 1.54) is 29.5 Å². The monoisotopic (exact) mass is 281 g/mol. The maximum Gasteiger partial charge on any atom is 0.352 e. The number of rotatable bonds is 5. The Morgan fingerprint density at radius 1 is 1.42 bits per heavy atom. The lowest BCUT2D eigenvalue weighted by atomic mass is 10.3. The Morgan fingerprint density at radius 2 is 2.21 bits per heavy atom. The number of aryl methyl sites for hydroxylation is 1. The summed E-state index contributed by atoms with van der Waals surface area (Å²) in [7, 11) is 1.50. The van der Waals surface area contributed by atoms with Crippen molar-refractivity contribution in [2.45, 2.75) is 26.2 Å². The normalized spacial score (nSPS) is 11.1. The minimum atomic E-state index is -0.368. The molecule has 7 nitrogen and oxygen atoms in total. The van der Waals surface area contributed by atoms with Gasteiger partial charge in [0.2, 0.25) is 5.12 Å². The van der Waals surface area contributed by atoms with Crippen LogP contribution in [0.4, 0.5) is 0 Å². The van der Waals surface area contributed by atoms with Gasteiger partial charge >= 0.3 is 5.69 Å². The van der Waals surface area contributed by atoms with Crippen LogP contribution in [-0.4, -0.2) is 35.2 Å². The van der Waals surface area contributed by atoms with Crippen molar-refractivity contribution in [2.24, 2.45) is 7.05 Å². The molecule has 8 heteroatoms. The molecule has 0 aliphatic heterocycles. The van der Waals surface area contributed by atoms with E-state index < -0.39 is 0 Å². The van der Waals surface area contributed by atoms with E-state index in [-0.39, 0.29) is 22.1 Å². The van der Waals surface area contributed by atoms with Crippen LogP contribution < -0.4 is 5.69 Å². The average Bonchev–Trinajstić information content (AvgIpc) is 2.83. The van der Waals surface area contributed by atoms with Gasteiger partial charge in [0, 0.05) is 12.8 Å². The summed E-state index contributed by atoms with van der Waals surface area (Å²) in [6.07, 6.45) is 4.52. The number of fused-ring (bicyclic) bond motifs is 1. The summed E-state index contributed by atoms with van der Waals surface area (Å²) in [6, 6.07) is 0. The summed E-state index contributed by atoms with van der Waals surface area (Å²) in [5.41, 5.74) is 0.0512. The molecule has 2 aromatic heterocycles. The molecule has 102 valence electrons. The number of hydrogen-bond donors (Lipinski definition) is 0. The molecule has 2 heterocycles. The smallest absolute Gasteiger partial charge is 0.280 e. The van der Waals surface area contributed by atoms with Crippen molar-refractivity contribution in [1.29, 1.82) is 0 Å². The minimum absolute atomic E-state index is 0.166. The van der Waals surface area contributed by atoms with Crippen LogP contribution in [-0.2, 0) is 7.05 Å². The molecule has 2 rings (SSSR count). The first-order valence-corrected chi connectivity index (χ1v) is 7.08. The maximum absolute atomic E-state index is 12.0. The van der Waals surface area contributed by atoms with E-state index in [2.05, 4.69) is 22.2 Å². The fraction of sp³-hybridized carbons (Fsp3) is 0.545. The first kappa shape index (κ1) is 13.7. The number of thioether (sulfide) groups is 1. The molecule has 0 spiro atoms. The highest BCUT2D eigenvalue weighted by Gasteiger charge is 2.17. The van der Waals surface area contributed by atoms with Crippen LogP contribution in [0.25, 0.3) is 5.65 Å². The predicted molar refractivity (Wildman–Crippen MR) is 72.3 cm³/mol. The summed E-state index contributed by atoms with van der Waals surface area (Å²) in [5, 5.41) is 7.34. The third-order valence-corrected chi connectivity index (χ3v) is 3.62. The molecule has 0 bridgehead atoms. The quantitative estimate of drug-likeness (QED) is 0.757. The standard InChI is InChI=1S/C11H15N5O2S/c1-3-4-5-6-19-10(17)8-9-13-14-15(2)11(18)16(9)7-12-8/h7H,3-6H2,1-2H3. The van der Waals surface area contributed by atoms with Crippen molar-refractivity contribution in [3.05, 3.63) is 22.5 Å². The number of hydrogen-bond acceptors (Lipinski definition) is 6. The molecule has 0 unspecified atom stereocenters. The first-order chi connectivity index (χ1) is 9.15. The highest BCUT2D eigenvalue weighted by Crippen LogP contribution is 2.15. The predicted octanol–water partition coefficient (Wildman–Crippen LogP) is 0.887. The van der Waals surface area contributed by atoms with Gasteiger partial charge in [-0.3, -0.25) is 4.79 Å². The van der Waals surface area contributed by atoms with Gasteiger partial charge in [-0.05, 0) is 6.42 Å². The van der Waals surface area contributed by atoms with Gasteiger partial charge in [0.25, 0.3) is 0 Å². The lowest BCUT2D eigenvalue weighted by Gasteiger charge is -1.98. The van der Waals surface area contributed by atoms with Crippen LogP contribution in [0.5, 0.6) is 0 Å². The van der Waals surface area contributed by atoms with E-state index in [0.717, 1.165) is 29.7 Å². The zero-order chi connectivity index (χ0) is 13.8. The third kappa shape index (κ3) is 2.83. The summed E-state index contributed by atoms with van der Waals surface area (Å²) < 4.78 is 2.32. The van der Waals surface area contributed by atoms with Crippen molar-refractivity contribution in [2.75, 3.05) is 5.75 Å². The topological polar surface area (TPSA) is 82.2 Å². The molecule has 0 radical (unpaired) electrons. The Hall–Kier alpha value is -1.70. The fourth-order valence-electron chi connectivity index (χ4n) is 1.61. The lowest BCUT2D eigenvalue weighted by molar-refractivity contribution is 0.108. The van der Waals surface area contributed by atoms with E-state index in [9.17, 15) is 9.59 Å². The zero-order valence-electron chi connectivity index (χ0n) is 10.9. The number of carbonyl (C=O) groups excluding carboxylic acids is 1. The molecule has 0 aliphatic carbocycles. The van der Waals surface area contributed by atoms with E-state index in [1.807, 2.05) is 0 Å². The summed E-state index contributed by atoms with van der Waals surface area (Å²) in [5.74, 6) is 0.754. The largest absolute Gasteiger partial charge is 0.352 e. The van der Waals surface area contributed by atoms with Gasteiger partial charge in [-0.2, -0.15) is 4.68 Å². The van der Waals surface area contributed by atoms with Crippen molar-refractivity contribution >= 4 is 22.5 Å². The zero-order valence-corrected chi connectivity index (χ0v) is 11.7. The molecule has 0 aliphatic rings. The van der Waals surface area contributed by atoms with Gasteiger partial charge in [0.15, 0.2) is 11.3 Å². The summed E-state index contributed by atoms with van der Waals surface area (Å²) >= 11 is 1.21. The van der Waals surface area contributed by atoms with Crippen molar-refractivity contribution < 1.29 is 4.79 Å². The number of imidazole rings is 1. The second kappa shape index (κ2) is 5.96. The van der Waals surface area contributed by atoms with E-state index in [1.54, 1.807) is 0 Å². The van der Waals surface area contributed by atoms with Gasteiger partial charge in [0.1, 0.15) is 6.33 Å². The maximum atomic E-state index is 12.0. The van der Waals surface area contributed by atoms with Gasteiger partial charge in [-0.25, -0.2) is 14.2 Å². The van der Waals surface area contributed by atoms with Crippen LogP contribution in [0.15, 0.2) is 11.1 Å². The highest BCUT2D eigenvalue weighted by atomic mass is 32.2. The minimum Gasteiger partial charge on any atom is -0.280 e. The van der Waals surface area contributed by atoms with E-state index in [4.69, 9.17) is 0 Å². The van der Waals surface area contributed by atoms with Crippen LogP contribution in [0.3, 0.4) is 0 Å². The molecule has 0 saturated carbocycles. The van der Waals surface area contributed by atoms with E-state index in [0.29, 0.717) is 0 Å². The molecule has 0 saturated heterocycles. The first-order valence-electron chi connectivity index (χ1n) is 6.09. The molecule has 0 atom stereocenters. The second-order valence-corrected chi connectivity index (χ2v) is 5.19. The summed E-state index contributed by atoms with van der Waals surface area (Å²) in [6.45, 7) is 2.11. The molecule has 0 fully saturated rings. The van der Waals surface area contributed by atoms with E-state index >= 15 is 0 Å². The Morgan fingerprint density at radius 3 is 2.95 bits per heavy atom. The Kier molecular flexibility index (Phi) is 4.31.